The van der Waals surface area contributed by atoms with E-state index in [0.717, 1.165) is 11.5 Å². The number of esters is 1. The molecule has 8 heteroatoms. The van der Waals surface area contributed by atoms with Crippen LogP contribution in [0.2, 0.25) is 10.2 Å². The van der Waals surface area contributed by atoms with Crippen LogP contribution in [0.25, 0.3) is 0 Å². The van der Waals surface area contributed by atoms with Gasteiger partial charge in [-0.3, -0.25) is 9.59 Å². The minimum Gasteiger partial charge on any atom is -0.465 e. The monoisotopic (exact) mass is 310 g/mol. The Hall–Kier alpha value is -0.850. The van der Waals surface area contributed by atoms with Gasteiger partial charge in [0, 0.05) is 0 Å². The Morgan fingerprint density at radius 3 is 2.50 bits per heavy atom. The first kappa shape index (κ1) is 15.2. The molecular formula is C10H12Cl2N2O3S. The number of aromatic nitrogens is 1. The van der Waals surface area contributed by atoms with Gasteiger partial charge in [0.15, 0.2) is 5.15 Å². The van der Waals surface area contributed by atoms with Gasteiger partial charge in [-0.2, -0.15) is 4.37 Å². The summed E-state index contributed by atoms with van der Waals surface area (Å²) in [5.74, 6) is -1.13. The molecule has 0 aliphatic carbocycles. The molecule has 1 N–H and O–H groups in total. The van der Waals surface area contributed by atoms with Crippen LogP contribution in [0.4, 0.5) is 5.00 Å². The first-order valence-electron chi connectivity index (χ1n) is 5.10. The van der Waals surface area contributed by atoms with E-state index in [0.29, 0.717) is 5.00 Å². The Balaban J connectivity index is 2.82. The van der Waals surface area contributed by atoms with Crippen molar-refractivity contribution in [3.05, 3.63) is 10.2 Å². The van der Waals surface area contributed by atoms with E-state index in [2.05, 4.69) is 9.69 Å². The third-order valence-corrected chi connectivity index (χ3v) is 3.89. The lowest BCUT2D eigenvalue weighted by Gasteiger charge is -2.20. The van der Waals surface area contributed by atoms with Gasteiger partial charge < -0.3 is 10.1 Å². The van der Waals surface area contributed by atoms with E-state index in [1.807, 2.05) is 0 Å². The summed E-state index contributed by atoms with van der Waals surface area (Å²) in [6, 6.07) is 0. The van der Waals surface area contributed by atoms with Crippen LogP contribution in [0, 0.1) is 5.41 Å². The Morgan fingerprint density at radius 2 is 2.06 bits per heavy atom. The van der Waals surface area contributed by atoms with E-state index in [-0.39, 0.29) is 16.8 Å². The average molecular weight is 311 g/mol. The number of ether oxygens (including phenoxy) is 1. The molecule has 0 spiro atoms. The lowest BCUT2D eigenvalue weighted by Crippen LogP contribution is -2.39. The minimum absolute atomic E-state index is 0.117. The molecule has 0 aromatic carbocycles. The second kappa shape index (κ2) is 5.86. The zero-order valence-electron chi connectivity index (χ0n) is 10.0. The van der Waals surface area contributed by atoms with Crippen molar-refractivity contribution in [2.24, 2.45) is 5.41 Å². The summed E-state index contributed by atoms with van der Waals surface area (Å²) < 4.78 is 8.61. The van der Waals surface area contributed by atoms with E-state index >= 15 is 0 Å². The molecule has 1 amide bonds. The highest BCUT2D eigenvalue weighted by atomic mass is 35.5. The van der Waals surface area contributed by atoms with E-state index in [9.17, 15) is 9.59 Å². The van der Waals surface area contributed by atoms with Gasteiger partial charge >= 0.3 is 5.97 Å². The van der Waals surface area contributed by atoms with Crippen molar-refractivity contribution in [3.63, 3.8) is 0 Å². The largest absolute Gasteiger partial charge is 0.465 e. The van der Waals surface area contributed by atoms with Gasteiger partial charge in [0.05, 0.1) is 6.61 Å². The summed E-state index contributed by atoms with van der Waals surface area (Å²) >= 11 is 12.4. The maximum atomic E-state index is 12.0. The predicted molar refractivity (Wildman–Crippen MR) is 71.2 cm³/mol. The summed E-state index contributed by atoms with van der Waals surface area (Å²) in [7, 11) is 0. The molecular weight excluding hydrogens is 299 g/mol. The average Bonchev–Trinajstić information content (AvgIpc) is 2.61. The SMILES string of the molecule is CCOC(=O)C(C)(C)C(=O)Nc1snc(Cl)c1Cl. The van der Waals surface area contributed by atoms with Gasteiger partial charge in [0.1, 0.15) is 15.4 Å². The summed E-state index contributed by atoms with van der Waals surface area (Å²) in [4.78, 5) is 23.6. The Morgan fingerprint density at radius 1 is 1.44 bits per heavy atom. The second-order valence-corrected chi connectivity index (χ2v) is 5.43. The molecule has 0 fully saturated rings. The Bertz CT molecular complexity index is 474. The fourth-order valence-electron chi connectivity index (χ4n) is 1.00. The van der Waals surface area contributed by atoms with Crippen LogP contribution in [0.3, 0.4) is 0 Å². The van der Waals surface area contributed by atoms with Crippen LogP contribution in [-0.2, 0) is 14.3 Å². The predicted octanol–water partition coefficient (Wildman–Crippen LogP) is 2.98. The molecule has 0 unspecified atom stereocenters. The fraction of sp³-hybridized carbons (Fsp3) is 0.500. The fourth-order valence-corrected chi connectivity index (χ4v) is 2.08. The smallest absolute Gasteiger partial charge is 0.321 e. The molecule has 18 heavy (non-hydrogen) atoms. The third-order valence-electron chi connectivity index (χ3n) is 2.18. The molecule has 0 saturated heterocycles. The van der Waals surface area contributed by atoms with E-state index < -0.39 is 17.3 Å². The molecule has 1 aromatic rings. The second-order valence-electron chi connectivity index (χ2n) is 3.92. The van der Waals surface area contributed by atoms with Crippen LogP contribution < -0.4 is 5.32 Å². The topological polar surface area (TPSA) is 68.3 Å². The van der Waals surface area contributed by atoms with Crippen LogP contribution in [0.15, 0.2) is 0 Å². The molecule has 0 aliphatic heterocycles. The lowest BCUT2D eigenvalue weighted by atomic mass is 9.92. The number of halogens is 2. The summed E-state index contributed by atoms with van der Waals surface area (Å²) in [5.41, 5.74) is -1.31. The van der Waals surface area contributed by atoms with E-state index in [1.54, 1.807) is 6.92 Å². The molecule has 0 radical (unpaired) electrons. The van der Waals surface area contributed by atoms with E-state index in [4.69, 9.17) is 27.9 Å². The maximum absolute atomic E-state index is 12.0. The number of carbonyl (C=O) groups excluding carboxylic acids is 2. The zero-order valence-corrected chi connectivity index (χ0v) is 12.4. The molecule has 1 aromatic heterocycles. The maximum Gasteiger partial charge on any atom is 0.321 e. The first-order valence-corrected chi connectivity index (χ1v) is 6.63. The Kier molecular flexibility index (Phi) is 4.95. The van der Waals surface area contributed by atoms with Crippen molar-refractivity contribution in [1.82, 2.24) is 4.37 Å². The number of amides is 1. The molecule has 0 atom stereocenters. The zero-order chi connectivity index (χ0) is 13.9. The van der Waals surface area contributed by atoms with E-state index in [1.165, 1.54) is 13.8 Å². The van der Waals surface area contributed by atoms with Crippen LogP contribution >= 0.6 is 34.7 Å². The molecule has 0 saturated carbocycles. The summed E-state index contributed by atoms with van der Waals surface area (Å²) in [5, 5.41) is 3.10. The molecule has 1 rings (SSSR count). The molecule has 1 heterocycles. The molecule has 100 valence electrons. The third kappa shape index (κ3) is 3.13. The van der Waals surface area contributed by atoms with Crippen molar-refractivity contribution in [2.45, 2.75) is 20.8 Å². The number of rotatable bonds is 4. The van der Waals surface area contributed by atoms with Gasteiger partial charge in [0.25, 0.3) is 0 Å². The quantitative estimate of drug-likeness (QED) is 0.685. The number of nitrogens with one attached hydrogen (secondary N) is 1. The summed E-state index contributed by atoms with van der Waals surface area (Å²) in [6.07, 6.45) is 0. The van der Waals surface area contributed by atoms with Gasteiger partial charge in [-0.05, 0) is 32.3 Å². The standard InChI is InChI=1S/C10H12Cl2N2O3S/c1-4-17-9(16)10(2,3)8(15)13-7-5(11)6(12)14-18-7/h4H2,1-3H3,(H,13,15). The highest BCUT2D eigenvalue weighted by Crippen LogP contribution is 2.34. The first-order chi connectivity index (χ1) is 8.30. The van der Waals surface area contributed by atoms with Crippen molar-refractivity contribution in [3.8, 4) is 0 Å². The van der Waals surface area contributed by atoms with Crippen molar-refractivity contribution in [1.29, 1.82) is 0 Å². The normalized spacial score (nSPS) is 11.2. The van der Waals surface area contributed by atoms with Crippen molar-refractivity contribution < 1.29 is 14.3 Å². The van der Waals surface area contributed by atoms with Crippen molar-refractivity contribution in [2.75, 3.05) is 11.9 Å². The highest BCUT2D eigenvalue weighted by Gasteiger charge is 2.38. The number of hydrogen-bond donors (Lipinski definition) is 1. The minimum atomic E-state index is -1.31. The highest BCUT2D eigenvalue weighted by molar-refractivity contribution is 7.11. The number of anilines is 1. The molecule has 0 bridgehead atoms. The number of hydrogen-bond acceptors (Lipinski definition) is 5. The van der Waals surface area contributed by atoms with Crippen LogP contribution in [0.1, 0.15) is 20.8 Å². The van der Waals surface area contributed by atoms with Crippen molar-refractivity contribution >= 4 is 51.6 Å². The van der Waals surface area contributed by atoms with Gasteiger partial charge in [-0.1, -0.05) is 23.2 Å². The Labute approximate surface area is 119 Å². The molecule has 5 nitrogen and oxygen atoms in total. The number of carbonyl (C=O) groups is 2. The van der Waals surface area contributed by atoms with Crippen LogP contribution in [-0.4, -0.2) is 22.9 Å². The summed E-state index contributed by atoms with van der Waals surface area (Å²) in [6.45, 7) is 4.82. The van der Waals surface area contributed by atoms with Gasteiger partial charge in [-0.15, -0.1) is 0 Å². The van der Waals surface area contributed by atoms with Gasteiger partial charge in [-0.25, -0.2) is 0 Å². The number of nitrogens with zero attached hydrogens (tertiary/aromatic N) is 1. The van der Waals surface area contributed by atoms with Gasteiger partial charge in [0.2, 0.25) is 5.91 Å². The van der Waals surface area contributed by atoms with Crippen LogP contribution in [0.5, 0.6) is 0 Å². The molecule has 0 aliphatic rings. The lowest BCUT2D eigenvalue weighted by molar-refractivity contribution is -0.156.